The lowest BCUT2D eigenvalue weighted by atomic mass is 10.0. The van der Waals surface area contributed by atoms with Gasteiger partial charge in [0, 0.05) is 18.8 Å². The van der Waals surface area contributed by atoms with Crippen molar-refractivity contribution in [2.45, 2.75) is 96.3 Å². The molecule has 9 rings (SSSR count). The number of nitrogens with one attached hydrogen (secondary N) is 4. The van der Waals surface area contributed by atoms with Gasteiger partial charge in [-0.05, 0) is 108 Å². The smallest absolute Gasteiger partial charge is 0.407 e. The molecular formula is C53H61N9O6. The summed E-state index contributed by atoms with van der Waals surface area (Å²) in [6.45, 7) is 8.81. The molecule has 2 aliphatic heterocycles. The lowest BCUT2D eigenvalue weighted by molar-refractivity contribution is -0.136. The summed E-state index contributed by atoms with van der Waals surface area (Å²) in [5.41, 5.74) is 10.3. The van der Waals surface area contributed by atoms with E-state index in [4.69, 9.17) is 19.4 Å². The predicted octanol–water partition coefficient (Wildman–Crippen LogP) is 9.56. The number of hydrogen-bond acceptors (Lipinski definition) is 8. The van der Waals surface area contributed by atoms with Crippen LogP contribution in [0.3, 0.4) is 0 Å². The fourth-order valence-corrected chi connectivity index (χ4v) is 9.81. The number of hydrogen-bond donors (Lipinski definition) is 4. The zero-order chi connectivity index (χ0) is 47.6. The molecule has 4 N–H and O–H groups in total. The van der Waals surface area contributed by atoms with Crippen molar-refractivity contribution < 1.29 is 28.7 Å². The summed E-state index contributed by atoms with van der Waals surface area (Å²) in [6.07, 6.45) is 8.11. The van der Waals surface area contributed by atoms with Gasteiger partial charge in [0.25, 0.3) is 0 Å². The maximum absolute atomic E-state index is 13.7. The average molecular weight is 920 g/mol. The number of aromatic amines is 2. The lowest BCUT2D eigenvalue weighted by Gasteiger charge is -2.30. The van der Waals surface area contributed by atoms with Gasteiger partial charge >= 0.3 is 12.2 Å². The van der Waals surface area contributed by atoms with Gasteiger partial charge in [-0.1, -0.05) is 88.4 Å². The lowest BCUT2D eigenvalue weighted by Crippen LogP contribution is -2.51. The van der Waals surface area contributed by atoms with Gasteiger partial charge in [-0.3, -0.25) is 9.59 Å². The number of likely N-dealkylation sites (tertiary alicyclic amines) is 2. The number of H-pyrrole nitrogens is 2. The summed E-state index contributed by atoms with van der Waals surface area (Å²) in [6, 6.07) is 28.4. The Labute approximate surface area is 397 Å². The van der Waals surface area contributed by atoms with E-state index in [1.54, 1.807) is 0 Å². The average Bonchev–Trinajstić information content (AvgIpc) is 3.97. The highest BCUT2D eigenvalue weighted by atomic mass is 16.5. The van der Waals surface area contributed by atoms with E-state index in [1.165, 1.54) is 32.6 Å². The second-order valence-corrected chi connectivity index (χ2v) is 18.9. The maximum Gasteiger partial charge on any atom is 0.407 e. The Morgan fingerprint density at radius 3 is 1.37 bits per heavy atom. The number of alkyl carbamates (subject to hydrolysis) is 2. The standard InChI is InChI=1S/C53H61N9O6/c1-31(2)46(58-52(65)67-5)50(63)60-27-7-9-44(60)48-54-29-40(56-48)35-13-17-37(18-14-35)42-25-26-43(62(42)39-23-21-34(22-24-39)33-11-12-33)38-19-15-36(16-20-38)41-30-55-49(57-41)45-10-8-28-61(45)51(64)47(32(3)4)59-53(66)68-6/h13-26,29-33,44-47H,7-12,27-28H2,1-6H3,(H,54,56)(H,55,57)(H,58,65)(H,59,66). The van der Waals surface area contributed by atoms with Crippen molar-refractivity contribution >= 4 is 24.0 Å². The SMILES string of the molecule is COC(=O)NC(C(=O)N1CCCC1c1ncc(-c2ccc(-c3ccc(-c4ccc(-c5cnc(C6CCCN6C(=O)C(NC(=O)OC)C(C)C)[nH]5)cc4)n3-c3ccc(C4CC4)cc3)cc2)[nH]1)C(C)C. The Kier molecular flexibility index (Phi) is 13.2. The molecule has 3 aliphatic rings. The monoisotopic (exact) mass is 919 g/mol. The minimum Gasteiger partial charge on any atom is -0.453 e. The van der Waals surface area contributed by atoms with E-state index in [9.17, 15) is 19.2 Å². The molecule has 354 valence electrons. The quantitative estimate of drug-likeness (QED) is 0.0834. The molecule has 6 aromatic rings. The first-order valence-corrected chi connectivity index (χ1v) is 23.9. The zero-order valence-electron chi connectivity index (χ0n) is 39.6. The third-order valence-corrected chi connectivity index (χ3v) is 13.7. The van der Waals surface area contributed by atoms with E-state index in [2.05, 4.69) is 110 Å². The number of amides is 4. The second kappa shape index (κ2) is 19.6. The summed E-state index contributed by atoms with van der Waals surface area (Å²) in [4.78, 5) is 71.8. The molecule has 5 heterocycles. The van der Waals surface area contributed by atoms with Gasteiger partial charge in [-0.15, -0.1) is 0 Å². The van der Waals surface area contributed by atoms with Gasteiger partial charge in [0.2, 0.25) is 11.8 Å². The van der Waals surface area contributed by atoms with E-state index < -0.39 is 24.3 Å². The van der Waals surface area contributed by atoms with Crippen molar-refractivity contribution in [3.63, 3.8) is 0 Å². The Morgan fingerprint density at radius 2 is 0.985 bits per heavy atom. The summed E-state index contributed by atoms with van der Waals surface area (Å²) in [7, 11) is 2.59. The largest absolute Gasteiger partial charge is 0.453 e. The van der Waals surface area contributed by atoms with Crippen molar-refractivity contribution in [1.82, 2.24) is 44.9 Å². The highest BCUT2D eigenvalue weighted by molar-refractivity contribution is 5.87. The van der Waals surface area contributed by atoms with Crippen LogP contribution in [0.25, 0.3) is 50.7 Å². The number of methoxy groups -OCH3 is 2. The number of nitrogens with zero attached hydrogens (tertiary/aromatic N) is 5. The van der Waals surface area contributed by atoms with Gasteiger partial charge in [-0.2, -0.15) is 0 Å². The normalized spacial score (nSPS) is 17.9. The van der Waals surface area contributed by atoms with Gasteiger partial charge < -0.3 is 44.4 Å². The topological polar surface area (TPSA) is 180 Å². The number of ether oxygens (including phenoxy) is 2. The molecule has 15 heteroatoms. The molecule has 1 aliphatic carbocycles. The molecule has 4 amide bonds. The Bertz CT molecular complexity index is 2590. The highest BCUT2D eigenvalue weighted by Crippen LogP contribution is 2.41. The molecule has 0 bridgehead atoms. The van der Waals surface area contributed by atoms with Crippen LogP contribution >= 0.6 is 0 Å². The predicted molar refractivity (Wildman–Crippen MR) is 259 cm³/mol. The third-order valence-electron chi connectivity index (χ3n) is 13.7. The molecule has 3 aromatic carbocycles. The van der Waals surface area contributed by atoms with Crippen LogP contribution in [0.1, 0.15) is 101 Å². The Morgan fingerprint density at radius 1 is 0.574 bits per heavy atom. The number of imidazole rings is 2. The number of carbonyl (C=O) groups excluding carboxylic acids is 4. The van der Waals surface area contributed by atoms with E-state index in [0.29, 0.717) is 19.0 Å². The van der Waals surface area contributed by atoms with E-state index in [0.717, 1.165) is 88.0 Å². The summed E-state index contributed by atoms with van der Waals surface area (Å²) < 4.78 is 11.9. The molecule has 1 saturated carbocycles. The maximum atomic E-state index is 13.7. The third kappa shape index (κ3) is 9.38. The zero-order valence-corrected chi connectivity index (χ0v) is 39.6. The molecule has 3 aromatic heterocycles. The number of benzene rings is 3. The summed E-state index contributed by atoms with van der Waals surface area (Å²) in [5, 5.41) is 5.44. The Balaban J connectivity index is 0.951. The van der Waals surface area contributed by atoms with E-state index in [1.807, 2.05) is 49.9 Å². The van der Waals surface area contributed by atoms with Crippen molar-refractivity contribution in [1.29, 1.82) is 0 Å². The molecule has 3 fully saturated rings. The van der Waals surface area contributed by atoms with Crippen LogP contribution in [0.15, 0.2) is 97.3 Å². The minimum atomic E-state index is -0.700. The van der Waals surface area contributed by atoms with Crippen LogP contribution in [-0.2, 0) is 19.1 Å². The van der Waals surface area contributed by atoms with Gasteiger partial charge in [-0.25, -0.2) is 19.6 Å². The van der Waals surface area contributed by atoms with Crippen molar-refractivity contribution in [2.24, 2.45) is 11.8 Å². The summed E-state index contributed by atoms with van der Waals surface area (Å²) >= 11 is 0. The van der Waals surface area contributed by atoms with Crippen LogP contribution in [0.4, 0.5) is 9.59 Å². The molecule has 2 saturated heterocycles. The van der Waals surface area contributed by atoms with Crippen LogP contribution in [0.2, 0.25) is 0 Å². The van der Waals surface area contributed by atoms with Crippen molar-refractivity contribution in [3.8, 4) is 50.7 Å². The summed E-state index contributed by atoms with van der Waals surface area (Å²) in [5.74, 6) is 1.58. The van der Waals surface area contributed by atoms with Crippen LogP contribution in [0.5, 0.6) is 0 Å². The fourth-order valence-electron chi connectivity index (χ4n) is 9.81. The minimum absolute atomic E-state index is 0.116. The number of rotatable bonds is 14. The van der Waals surface area contributed by atoms with Crippen molar-refractivity contribution in [2.75, 3.05) is 27.3 Å². The van der Waals surface area contributed by atoms with Gasteiger partial charge in [0.15, 0.2) is 0 Å². The molecule has 0 radical (unpaired) electrons. The molecule has 4 atom stereocenters. The molecule has 0 spiro atoms. The Hall–Kier alpha value is -7.16. The number of aromatic nitrogens is 5. The molecular weight excluding hydrogens is 859 g/mol. The first-order chi connectivity index (χ1) is 32.9. The van der Waals surface area contributed by atoms with Gasteiger partial charge in [0.05, 0.1) is 61.5 Å². The van der Waals surface area contributed by atoms with Crippen LogP contribution in [0, 0.1) is 11.8 Å². The fraction of sp³-hybridized carbons (Fsp3) is 0.396. The van der Waals surface area contributed by atoms with E-state index in [-0.39, 0.29) is 35.7 Å². The van der Waals surface area contributed by atoms with Gasteiger partial charge in [0.1, 0.15) is 23.7 Å². The molecule has 68 heavy (non-hydrogen) atoms. The highest BCUT2D eigenvalue weighted by Gasteiger charge is 2.39. The van der Waals surface area contributed by atoms with Crippen molar-refractivity contribution in [3.05, 3.63) is 115 Å². The molecule has 4 unspecified atom stereocenters. The second-order valence-electron chi connectivity index (χ2n) is 18.9. The number of carbonyl (C=O) groups is 4. The van der Waals surface area contributed by atoms with Crippen LogP contribution < -0.4 is 10.6 Å². The van der Waals surface area contributed by atoms with E-state index >= 15 is 0 Å². The first-order valence-electron chi connectivity index (χ1n) is 23.9. The first kappa shape index (κ1) is 46.0. The molecule has 15 nitrogen and oxygen atoms in total. The van der Waals surface area contributed by atoms with Crippen LogP contribution in [-0.4, -0.2) is 97.7 Å².